The average molecular weight is 393 g/mol. The van der Waals surface area contributed by atoms with Gasteiger partial charge >= 0.3 is 0 Å². The highest BCUT2D eigenvalue weighted by atomic mass is 79.9. The van der Waals surface area contributed by atoms with E-state index in [1.54, 1.807) is 30.7 Å². The first-order valence-electron chi connectivity index (χ1n) is 7.66. The molecule has 0 bridgehead atoms. The Balaban J connectivity index is 1.81. The van der Waals surface area contributed by atoms with Gasteiger partial charge in [-0.25, -0.2) is 4.98 Å². The third kappa shape index (κ3) is 3.04. The van der Waals surface area contributed by atoms with E-state index < -0.39 is 0 Å². The molecule has 1 amide bonds. The number of pyridine rings is 2. The fourth-order valence-electron chi connectivity index (χ4n) is 2.64. The van der Waals surface area contributed by atoms with Gasteiger partial charge in [0, 0.05) is 29.7 Å². The molecule has 4 rings (SSSR count). The van der Waals surface area contributed by atoms with E-state index in [4.69, 9.17) is 0 Å². The Hall–Kier alpha value is -2.99. The van der Waals surface area contributed by atoms with Crippen molar-refractivity contribution in [3.8, 4) is 11.1 Å². The number of fused-ring (bicyclic) bond motifs is 1. The van der Waals surface area contributed by atoms with Crippen LogP contribution in [0.25, 0.3) is 16.8 Å². The zero-order valence-electron chi connectivity index (χ0n) is 13.1. The van der Waals surface area contributed by atoms with Crippen molar-refractivity contribution in [1.29, 1.82) is 0 Å². The molecule has 1 N–H and O–H groups in total. The average Bonchev–Trinajstić information content (AvgIpc) is 3.04. The molecule has 0 saturated carbocycles. The maximum absolute atomic E-state index is 12.5. The van der Waals surface area contributed by atoms with Crippen molar-refractivity contribution in [3.05, 3.63) is 83.5 Å². The molecule has 3 heterocycles. The molecule has 5 nitrogen and oxygen atoms in total. The number of carbonyl (C=O) groups excluding carboxylic acids is 1. The SMILES string of the molecule is O=C(Nc1cc(-c2ccccc2)cn2c(Br)cnc12)c1ccncc1. The first-order chi connectivity index (χ1) is 12.2. The van der Waals surface area contributed by atoms with Gasteiger partial charge in [-0.1, -0.05) is 30.3 Å². The summed E-state index contributed by atoms with van der Waals surface area (Å²) in [6.45, 7) is 0. The topological polar surface area (TPSA) is 59.3 Å². The van der Waals surface area contributed by atoms with Crippen LogP contribution in [0.1, 0.15) is 10.4 Å². The molecular weight excluding hydrogens is 380 g/mol. The highest BCUT2D eigenvalue weighted by molar-refractivity contribution is 9.10. The van der Waals surface area contributed by atoms with Gasteiger partial charge in [0.15, 0.2) is 5.65 Å². The molecule has 0 spiro atoms. The molecule has 0 aliphatic rings. The van der Waals surface area contributed by atoms with Gasteiger partial charge in [0.1, 0.15) is 4.60 Å². The summed E-state index contributed by atoms with van der Waals surface area (Å²) in [6.07, 6.45) is 6.89. The Bertz CT molecular complexity index is 1050. The fourth-order valence-corrected chi connectivity index (χ4v) is 3.01. The lowest BCUT2D eigenvalue weighted by Gasteiger charge is -2.10. The molecule has 0 aliphatic carbocycles. The number of imidazole rings is 1. The monoisotopic (exact) mass is 392 g/mol. The molecule has 0 unspecified atom stereocenters. The molecule has 0 radical (unpaired) electrons. The van der Waals surface area contributed by atoms with Crippen molar-refractivity contribution in [1.82, 2.24) is 14.4 Å². The van der Waals surface area contributed by atoms with Gasteiger partial charge in [0.05, 0.1) is 11.9 Å². The Kier molecular flexibility index (Phi) is 4.03. The molecule has 122 valence electrons. The lowest BCUT2D eigenvalue weighted by atomic mass is 10.1. The van der Waals surface area contributed by atoms with E-state index in [0.29, 0.717) is 16.9 Å². The summed E-state index contributed by atoms with van der Waals surface area (Å²) in [5, 5.41) is 2.95. The number of hydrogen-bond donors (Lipinski definition) is 1. The molecule has 3 aromatic heterocycles. The first-order valence-corrected chi connectivity index (χ1v) is 8.45. The van der Waals surface area contributed by atoms with Crippen LogP contribution in [-0.4, -0.2) is 20.3 Å². The number of anilines is 1. The van der Waals surface area contributed by atoms with Crippen LogP contribution in [0.3, 0.4) is 0 Å². The molecule has 6 heteroatoms. The Morgan fingerprint density at radius 1 is 1.04 bits per heavy atom. The first kappa shape index (κ1) is 15.5. The minimum Gasteiger partial charge on any atom is -0.319 e. The molecule has 1 aromatic carbocycles. The largest absolute Gasteiger partial charge is 0.319 e. The number of carbonyl (C=O) groups is 1. The Morgan fingerprint density at radius 2 is 1.80 bits per heavy atom. The summed E-state index contributed by atoms with van der Waals surface area (Å²) in [5.74, 6) is -0.200. The van der Waals surface area contributed by atoms with Crippen LogP contribution in [0.15, 0.2) is 77.9 Å². The Morgan fingerprint density at radius 3 is 2.56 bits per heavy atom. The van der Waals surface area contributed by atoms with Gasteiger partial charge in [0.25, 0.3) is 5.91 Å². The van der Waals surface area contributed by atoms with Crippen LogP contribution in [0.4, 0.5) is 5.69 Å². The summed E-state index contributed by atoms with van der Waals surface area (Å²) in [4.78, 5) is 20.9. The van der Waals surface area contributed by atoms with Crippen LogP contribution in [0, 0.1) is 0 Å². The summed E-state index contributed by atoms with van der Waals surface area (Å²) in [7, 11) is 0. The number of hydrogen-bond acceptors (Lipinski definition) is 3. The number of rotatable bonds is 3. The fraction of sp³-hybridized carbons (Fsp3) is 0. The normalized spacial score (nSPS) is 10.8. The molecule has 4 aromatic rings. The molecular formula is C19H13BrN4O. The third-order valence-electron chi connectivity index (χ3n) is 3.86. The number of aromatic nitrogens is 3. The number of amides is 1. The number of halogens is 1. The van der Waals surface area contributed by atoms with E-state index in [1.807, 2.05) is 47.0 Å². The maximum atomic E-state index is 12.5. The van der Waals surface area contributed by atoms with Crippen LogP contribution in [0.2, 0.25) is 0 Å². The molecule has 0 aliphatic heterocycles. The standard InChI is InChI=1S/C19H13BrN4O/c20-17-11-22-18-16(23-19(25)14-6-8-21-9-7-14)10-15(12-24(17)18)13-4-2-1-3-5-13/h1-12H,(H,23,25). The van der Waals surface area contributed by atoms with E-state index in [1.165, 1.54) is 0 Å². The highest BCUT2D eigenvalue weighted by Gasteiger charge is 2.13. The second-order valence-electron chi connectivity index (χ2n) is 5.47. The van der Waals surface area contributed by atoms with E-state index in [0.717, 1.165) is 15.7 Å². The van der Waals surface area contributed by atoms with Crippen LogP contribution in [-0.2, 0) is 0 Å². The van der Waals surface area contributed by atoms with Crippen molar-refractivity contribution in [2.75, 3.05) is 5.32 Å². The lowest BCUT2D eigenvalue weighted by molar-refractivity contribution is 0.102. The number of benzene rings is 1. The van der Waals surface area contributed by atoms with Gasteiger partial charge in [-0.3, -0.25) is 14.2 Å². The molecule has 25 heavy (non-hydrogen) atoms. The lowest BCUT2D eigenvalue weighted by Crippen LogP contribution is -2.13. The van der Waals surface area contributed by atoms with Crippen LogP contribution in [0.5, 0.6) is 0 Å². The van der Waals surface area contributed by atoms with E-state index >= 15 is 0 Å². The smallest absolute Gasteiger partial charge is 0.255 e. The van der Waals surface area contributed by atoms with Gasteiger partial charge < -0.3 is 5.32 Å². The van der Waals surface area contributed by atoms with Crippen molar-refractivity contribution >= 4 is 33.2 Å². The van der Waals surface area contributed by atoms with Crippen molar-refractivity contribution in [2.45, 2.75) is 0 Å². The highest BCUT2D eigenvalue weighted by Crippen LogP contribution is 2.28. The predicted molar refractivity (Wildman–Crippen MR) is 101 cm³/mol. The number of nitrogens with zero attached hydrogens (tertiary/aromatic N) is 3. The van der Waals surface area contributed by atoms with Gasteiger partial charge in [-0.15, -0.1) is 0 Å². The van der Waals surface area contributed by atoms with Gasteiger partial charge in [-0.05, 0) is 39.7 Å². The number of nitrogens with one attached hydrogen (secondary N) is 1. The molecule has 0 saturated heterocycles. The third-order valence-corrected chi connectivity index (χ3v) is 4.45. The zero-order valence-corrected chi connectivity index (χ0v) is 14.6. The predicted octanol–water partition coefficient (Wildman–Crippen LogP) is 4.41. The minimum absolute atomic E-state index is 0.200. The van der Waals surface area contributed by atoms with Crippen LogP contribution >= 0.6 is 15.9 Å². The van der Waals surface area contributed by atoms with Gasteiger partial charge in [-0.2, -0.15) is 0 Å². The summed E-state index contributed by atoms with van der Waals surface area (Å²) >= 11 is 3.50. The summed E-state index contributed by atoms with van der Waals surface area (Å²) in [6, 6.07) is 15.3. The quantitative estimate of drug-likeness (QED) is 0.561. The second kappa shape index (κ2) is 6.49. The van der Waals surface area contributed by atoms with E-state index in [-0.39, 0.29) is 5.91 Å². The maximum Gasteiger partial charge on any atom is 0.255 e. The van der Waals surface area contributed by atoms with Gasteiger partial charge in [0.2, 0.25) is 0 Å². The van der Waals surface area contributed by atoms with Crippen LogP contribution < -0.4 is 5.32 Å². The molecule has 0 fully saturated rings. The minimum atomic E-state index is -0.200. The van der Waals surface area contributed by atoms with E-state index in [2.05, 4.69) is 31.2 Å². The van der Waals surface area contributed by atoms with Crippen molar-refractivity contribution in [3.63, 3.8) is 0 Å². The Labute approximate surface area is 152 Å². The van der Waals surface area contributed by atoms with Crippen molar-refractivity contribution < 1.29 is 4.79 Å². The van der Waals surface area contributed by atoms with Crippen molar-refractivity contribution in [2.24, 2.45) is 0 Å². The zero-order chi connectivity index (χ0) is 17.2. The summed E-state index contributed by atoms with van der Waals surface area (Å²) in [5.41, 5.74) is 3.91. The van der Waals surface area contributed by atoms with E-state index in [9.17, 15) is 4.79 Å². The summed E-state index contributed by atoms with van der Waals surface area (Å²) < 4.78 is 2.73. The molecule has 0 atom stereocenters. The second-order valence-corrected chi connectivity index (χ2v) is 6.29.